The fourth-order valence-corrected chi connectivity index (χ4v) is 5.18. The van der Waals surface area contributed by atoms with E-state index in [1.165, 1.54) is 31.4 Å². The lowest BCUT2D eigenvalue weighted by molar-refractivity contribution is 0.427. The largest absolute Gasteiger partial charge is 0.487 e. The van der Waals surface area contributed by atoms with E-state index in [4.69, 9.17) is 4.74 Å². The van der Waals surface area contributed by atoms with Gasteiger partial charge in [-0.15, -0.1) is 0 Å². The second-order valence-electron chi connectivity index (χ2n) is 5.78. The van der Waals surface area contributed by atoms with E-state index in [0.29, 0.717) is 5.92 Å². The van der Waals surface area contributed by atoms with Gasteiger partial charge in [-0.05, 0) is 17.4 Å². The summed E-state index contributed by atoms with van der Waals surface area (Å²) in [4.78, 5) is 8.47. The molecule has 0 saturated carbocycles. The predicted molar refractivity (Wildman–Crippen MR) is 96.7 cm³/mol. The van der Waals surface area contributed by atoms with Gasteiger partial charge in [-0.1, -0.05) is 55.1 Å². The van der Waals surface area contributed by atoms with Crippen LogP contribution in [-0.4, -0.2) is 30.3 Å². The molecule has 2 aliphatic heterocycles. The molecule has 0 unspecified atom stereocenters. The van der Waals surface area contributed by atoms with Gasteiger partial charge in [0.05, 0.1) is 19.4 Å². The number of thioether (sulfide) groups is 1. The van der Waals surface area contributed by atoms with Crippen LogP contribution < -0.4 is 4.74 Å². The zero-order chi connectivity index (χ0) is 15.3. The van der Waals surface area contributed by atoms with E-state index in [2.05, 4.69) is 48.0 Å². The van der Waals surface area contributed by atoms with Crippen LogP contribution in [0, 0.1) is 5.92 Å². The zero-order valence-corrected chi connectivity index (χ0v) is 14.6. The number of hydrogen-bond donors (Lipinski definition) is 0. The van der Waals surface area contributed by atoms with Crippen LogP contribution in [-0.2, 0) is 0 Å². The van der Waals surface area contributed by atoms with Gasteiger partial charge >= 0.3 is 0 Å². The Balaban J connectivity index is 1.94. The highest BCUT2D eigenvalue weighted by Gasteiger charge is 2.34. The summed E-state index contributed by atoms with van der Waals surface area (Å²) < 4.78 is 6.74. The monoisotopic (exact) mass is 330 g/mol. The second-order valence-corrected chi connectivity index (χ2v) is 7.80. The number of fused-ring (bicyclic) bond motifs is 2. The van der Waals surface area contributed by atoms with Gasteiger partial charge in [0.25, 0.3) is 0 Å². The van der Waals surface area contributed by atoms with Gasteiger partial charge in [0, 0.05) is 21.7 Å². The molecule has 4 rings (SSSR count). The highest BCUT2D eigenvalue weighted by Crippen LogP contribution is 2.47. The van der Waals surface area contributed by atoms with Crippen LogP contribution in [0.5, 0.6) is 5.06 Å². The summed E-state index contributed by atoms with van der Waals surface area (Å²) in [6.45, 7) is 6.42. The molecule has 0 spiro atoms. The molecule has 0 bridgehead atoms. The van der Waals surface area contributed by atoms with Crippen molar-refractivity contribution in [2.45, 2.75) is 13.8 Å². The summed E-state index contributed by atoms with van der Waals surface area (Å²) in [7, 11) is 1.74. The lowest BCUT2D eigenvalue weighted by atomic mass is 10.0. The number of methoxy groups -OCH3 is 1. The van der Waals surface area contributed by atoms with Gasteiger partial charge in [0.2, 0.25) is 0 Å². The number of ether oxygens (including phenoxy) is 1. The van der Waals surface area contributed by atoms with Crippen LogP contribution in [0.1, 0.15) is 19.4 Å². The Kier molecular flexibility index (Phi) is 3.42. The van der Waals surface area contributed by atoms with Crippen LogP contribution in [0.15, 0.2) is 34.2 Å². The van der Waals surface area contributed by atoms with Gasteiger partial charge in [-0.2, -0.15) is 0 Å². The summed E-state index contributed by atoms with van der Waals surface area (Å²) in [5.41, 5.74) is 2.67. The van der Waals surface area contributed by atoms with E-state index < -0.39 is 0 Å². The molecule has 2 aromatic rings. The molecule has 1 aromatic heterocycles. The van der Waals surface area contributed by atoms with E-state index >= 15 is 0 Å². The average molecular weight is 330 g/mol. The van der Waals surface area contributed by atoms with Crippen LogP contribution in [0.2, 0.25) is 0 Å². The van der Waals surface area contributed by atoms with Crippen molar-refractivity contribution in [3.8, 4) is 5.06 Å². The van der Waals surface area contributed by atoms with E-state index in [-0.39, 0.29) is 0 Å². The predicted octanol–water partition coefficient (Wildman–Crippen LogP) is 4.65. The molecule has 1 aromatic carbocycles. The normalized spacial score (nSPS) is 17.6. The van der Waals surface area contributed by atoms with E-state index in [0.717, 1.165) is 18.2 Å². The van der Waals surface area contributed by atoms with Crippen LogP contribution in [0.3, 0.4) is 0 Å². The molecule has 0 amide bonds. The maximum atomic E-state index is 5.44. The van der Waals surface area contributed by atoms with Gasteiger partial charge in [0.15, 0.2) is 10.2 Å². The molecule has 2 aliphatic rings. The number of aliphatic imine (C=N–C) groups is 1. The molecular formula is C17H18N2OS2. The van der Waals surface area contributed by atoms with Crippen molar-refractivity contribution in [1.82, 2.24) is 4.90 Å². The molecule has 0 aliphatic carbocycles. The summed E-state index contributed by atoms with van der Waals surface area (Å²) in [6, 6.07) is 8.66. The van der Waals surface area contributed by atoms with Gasteiger partial charge in [0.1, 0.15) is 0 Å². The first-order valence-electron chi connectivity index (χ1n) is 7.50. The number of rotatable bonds is 3. The highest BCUT2D eigenvalue weighted by molar-refractivity contribution is 8.17. The number of allylic oxidation sites excluding steroid dienone is 1. The molecule has 5 heteroatoms. The summed E-state index contributed by atoms with van der Waals surface area (Å²) >= 11 is 3.57. The average Bonchev–Trinajstić information content (AvgIpc) is 3.19. The van der Waals surface area contributed by atoms with Gasteiger partial charge in [-0.3, -0.25) is 4.99 Å². The number of hydrogen-bond acceptors (Lipinski definition) is 5. The number of benzene rings is 1. The third-order valence-electron chi connectivity index (χ3n) is 4.01. The Hall–Kier alpha value is -1.46. The molecule has 0 N–H and O–H groups in total. The number of thiophene rings is 1. The molecule has 3 nitrogen and oxygen atoms in total. The van der Waals surface area contributed by atoms with Crippen molar-refractivity contribution in [2.24, 2.45) is 10.9 Å². The Labute approximate surface area is 138 Å². The summed E-state index contributed by atoms with van der Waals surface area (Å²) in [5.74, 6) is 0.505. The van der Waals surface area contributed by atoms with Crippen molar-refractivity contribution in [3.63, 3.8) is 0 Å². The van der Waals surface area contributed by atoms with Crippen molar-refractivity contribution >= 4 is 44.0 Å². The first kappa shape index (κ1) is 14.2. The molecular weight excluding hydrogens is 312 g/mol. The molecule has 0 saturated heterocycles. The maximum Gasteiger partial charge on any atom is 0.174 e. The standard InChI is InChI=1S/C17H18N2OS2/c1-10(2)15-14(19-8-7-18-17(19)22-15)12-6-4-5-11-9-13(20-3)21-16(11)12/h4-6,9-10H,7-8H2,1-3H3. The quantitative estimate of drug-likeness (QED) is 0.819. The van der Waals surface area contributed by atoms with Gasteiger partial charge < -0.3 is 9.64 Å². The van der Waals surface area contributed by atoms with E-state index in [9.17, 15) is 0 Å². The highest BCUT2D eigenvalue weighted by atomic mass is 32.2. The minimum absolute atomic E-state index is 0.505. The van der Waals surface area contributed by atoms with Crippen molar-refractivity contribution in [1.29, 1.82) is 0 Å². The van der Waals surface area contributed by atoms with Gasteiger partial charge in [-0.25, -0.2) is 0 Å². The minimum atomic E-state index is 0.505. The SMILES string of the molecule is COc1cc2cccc(C3=C(C(C)C)SC4=NCCN43)c2s1. The van der Waals surface area contributed by atoms with Crippen molar-refractivity contribution in [2.75, 3.05) is 20.2 Å². The van der Waals surface area contributed by atoms with Crippen LogP contribution >= 0.6 is 23.1 Å². The third kappa shape index (κ3) is 2.07. The Bertz CT molecular complexity index is 804. The van der Waals surface area contributed by atoms with Crippen LogP contribution in [0.4, 0.5) is 0 Å². The number of amidine groups is 1. The Morgan fingerprint density at radius 1 is 1.32 bits per heavy atom. The van der Waals surface area contributed by atoms with Crippen LogP contribution in [0.25, 0.3) is 15.8 Å². The first-order valence-corrected chi connectivity index (χ1v) is 9.13. The van der Waals surface area contributed by atoms with Crippen molar-refractivity contribution in [3.05, 3.63) is 34.7 Å². The minimum Gasteiger partial charge on any atom is -0.487 e. The zero-order valence-electron chi connectivity index (χ0n) is 12.9. The van der Waals surface area contributed by atoms with Crippen molar-refractivity contribution < 1.29 is 4.74 Å². The van der Waals surface area contributed by atoms with E-state index in [1.54, 1.807) is 18.4 Å². The fraction of sp³-hybridized carbons (Fsp3) is 0.353. The molecule has 22 heavy (non-hydrogen) atoms. The fourth-order valence-electron chi connectivity index (χ4n) is 3.00. The second kappa shape index (κ2) is 5.32. The molecule has 0 radical (unpaired) electrons. The Morgan fingerprint density at radius 3 is 2.95 bits per heavy atom. The lowest BCUT2D eigenvalue weighted by Gasteiger charge is -2.19. The first-order chi connectivity index (χ1) is 10.7. The number of nitrogens with zero attached hydrogens (tertiary/aromatic N) is 2. The molecule has 0 atom stereocenters. The van der Waals surface area contributed by atoms with E-state index in [1.807, 2.05) is 11.8 Å². The maximum absolute atomic E-state index is 5.44. The molecule has 0 fully saturated rings. The smallest absolute Gasteiger partial charge is 0.174 e. The summed E-state index contributed by atoms with van der Waals surface area (Å²) in [6.07, 6.45) is 0. The Morgan fingerprint density at radius 2 is 2.18 bits per heavy atom. The summed E-state index contributed by atoms with van der Waals surface area (Å²) in [5, 5.41) is 3.39. The molecule has 3 heterocycles. The third-order valence-corrected chi connectivity index (χ3v) is 6.57. The lowest BCUT2D eigenvalue weighted by Crippen LogP contribution is -2.20. The topological polar surface area (TPSA) is 24.8 Å². The molecule has 114 valence electrons.